The van der Waals surface area contributed by atoms with E-state index in [0.29, 0.717) is 29.1 Å². The summed E-state index contributed by atoms with van der Waals surface area (Å²) in [6.07, 6.45) is 0.577. The predicted molar refractivity (Wildman–Crippen MR) is 101 cm³/mol. The zero-order chi connectivity index (χ0) is 18.8. The van der Waals surface area contributed by atoms with Crippen LogP contribution in [0.5, 0.6) is 5.75 Å². The number of carbonyl (C=O) groups is 1. The van der Waals surface area contributed by atoms with Gasteiger partial charge in [-0.2, -0.15) is 5.10 Å². The molecule has 1 amide bonds. The zero-order valence-electron chi connectivity index (χ0n) is 15.3. The molecule has 2 aromatic heterocycles. The molecule has 7 heteroatoms. The quantitative estimate of drug-likeness (QED) is 0.736. The number of H-pyrrole nitrogens is 1. The number of hydrogen-bond acceptors (Lipinski definition) is 4. The smallest absolute Gasteiger partial charge is 0.253 e. The van der Waals surface area contributed by atoms with Crippen LogP contribution in [-0.4, -0.2) is 27.8 Å². The van der Waals surface area contributed by atoms with Crippen LogP contribution >= 0.6 is 0 Å². The van der Waals surface area contributed by atoms with E-state index >= 15 is 0 Å². The summed E-state index contributed by atoms with van der Waals surface area (Å²) >= 11 is 0. The fourth-order valence-electron chi connectivity index (χ4n) is 3.22. The van der Waals surface area contributed by atoms with Crippen molar-refractivity contribution in [2.24, 2.45) is 7.05 Å². The van der Waals surface area contributed by atoms with Crippen LogP contribution in [0.15, 0.2) is 29.1 Å². The van der Waals surface area contributed by atoms with Gasteiger partial charge >= 0.3 is 0 Å². The van der Waals surface area contributed by atoms with Gasteiger partial charge in [-0.3, -0.25) is 14.3 Å². The standard InChI is InChI=1S/C19H22N4O3/c1-11-15(19(25)21-18-17(11)12(2)22-23(18)3)8-9-16(24)20-13-6-5-7-14(10-13)26-4/h5-7,10H,8-9H2,1-4H3,(H,20,24)(H,21,25). The van der Waals surface area contributed by atoms with E-state index in [0.717, 1.165) is 16.6 Å². The van der Waals surface area contributed by atoms with Gasteiger partial charge in [0.05, 0.1) is 12.8 Å². The maximum absolute atomic E-state index is 12.4. The molecule has 0 saturated heterocycles. The molecule has 2 heterocycles. The van der Waals surface area contributed by atoms with Crippen LogP contribution in [-0.2, 0) is 18.3 Å². The molecular formula is C19H22N4O3. The number of benzene rings is 1. The second-order valence-corrected chi connectivity index (χ2v) is 6.27. The number of nitrogens with zero attached hydrogens (tertiary/aromatic N) is 2. The molecule has 0 aliphatic rings. The molecule has 2 N–H and O–H groups in total. The van der Waals surface area contributed by atoms with Gasteiger partial charge in [0.1, 0.15) is 11.4 Å². The molecule has 0 radical (unpaired) electrons. The normalized spacial score (nSPS) is 10.9. The van der Waals surface area contributed by atoms with Crippen LogP contribution in [0.2, 0.25) is 0 Å². The first-order chi connectivity index (χ1) is 12.4. The molecule has 0 aliphatic carbocycles. The average Bonchev–Trinajstić information content (AvgIpc) is 2.88. The van der Waals surface area contributed by atoms with E-state index in [1.807, 2.05) is 26.0 Å². The van der Waals surface area contributed by atoms with E-state index in [-0.39, 0.29) is 17.9 Å². The van der Waals surface area contributed by atoms with Crippen LogP contribution in [0.3, 0.4) is 0 Å². The highest BCUT2D eigenvalue weighted by Crippen LogP contribution is 2.21. The summed E-state index contributed by atoms with van der Waals surface area (Å²) in [6.45, 7) is 3.81. The molecule has 0 fully saturated rings. The number of pyridine rings is 1. The minimum Gasteiger partial charge on any atom is -0.497 e. The highest BCUT2D eigenvalue weighted by molar-refractivity contribution is 5.91. The number of carbonyl (C=O) groups excluding carboxylic acids is 1. The van der Waals surface area contributed by atoms with Crippen LogP contribution in [0.4, 0.5) is 5.69 Å². The summed E-state index contributed by atoms with van der Waals surface area (Å²) in [6, 6.07) is 7.16. The van der Waals surface area contributed by atoms with E-state index in [1.54, 1.807) is 31.0 Å². The number of nitrogens with one attached hydrogen (secondary N) is 2. The van der Waals surface area contributed by atoms with Crippen LogP contribution in [0.25, 0.3) is 11.0 Å². The topological polar surface area (TPSA) is 89.0 Å². The molecule has 3 rings (SSSR count). The van der Waals surface area contributed by atoms with Gasteiger partial charge in [0.15, 0.2) is 0 Å². The number of anilines is 1. The number of aryl methyl sites for hydroxylation is 3. The molecule has 3 aromatic rings. The summed E-state index contributed by atoms with van der Waals surface area (Å²) < 4.78 is 6.81. The number of fused-ring (bicyclic) bond motifs is 1. The third-order valence-electron chi connectivity index (χ3n) is 4.51. The molecule has 7 nitrogen and oxygen atoms in total. The maximum Gasteiger partial charge on any atom is 0.253 e. The number of aromatic amines is 1. The summed E-state index contributed by atoms with van der Waals surface area (Å²) in [4.78, 5) is 27.6. The summed E-state index contributed by atoms with van der Waals surface area (Å²) in [5.41, 5.74) is 3.55. The lowest BCUT2D eigenvalue weighted by Crippen LogP contribution is -2.19. The van der Waals surface area contributed by atoms with Gasteiger partial charge in [-0.05, 0) is 38.0 Å². The van der Waals surface area contributed by atoms with Crippen LogP contribution in [0, 0.1) is 13.8 Å². The Bertz CT molecular complexity index is 1030. The van der Waals surface area contributed by atoms with E-state index in [4.69, 9.17) is 4.74 Å². The molecule has 0 aliphatic heterocycles. The van der Waals surface area contributed by atoms with Gasteiger partial charge in [0.25, 0.3) is 5.56 Å². The number of ether oxygens (including phenoxy) is 1. The Morgan fingerprint density at radius 1 is 1.35 bits per heavy atom. The first kappa shape index (κ1) is 17.7. The van der Waals surface area contributed by atoms with Crippen molar-refractivity contribution in [2.45, 2.75) is 26.7 Å². The van der Waals surface area contributed by atoms with Gasteiger partial charge in [0, 0.05) is 36.2 Å². The highest BCUT2D eigenvalue weighted by atomic mass is 16.5. The fourth-order valence-corrected chi connectivity index (χ4v) is 3.22. The molecule has 0 unspecified atom stereocenters. The Labute approximate surface area is 151 Å². The largest absolute Gasteiger partial charge is 0.497 e. The van der Waals surface area contributed by atoms with E-state index < -0.39 is 0 Å². The minimum absolute atomic E-state index is 0.153. The van der Waals surface area contributed by atoms with E-state index in [2.05, 4.69) is 15.4 Å². The van der Waals surface area contributed by atoms with E-state index in [1.165, 1.54) is 0 Å². The van der Waals surface area contributed by atoms with Crippen molar-refractivity contribution in [3.05, 3.63) is 51.4 Å². The summed E-state index contributed by atoms with van der Waals surface area (Å²) in [5, 5.41) is 8.13. The van der Waals surface area contributed by atoms with E-state index in [9.17, 15) is 9.59 Å². The summed E-state index contributed by atoms with van der Waals surface area (Å²) in [7, 11) is 3.37. The van der Waals surface area contributed by atoms with Gasteiger partial charge in [-0.25, -0.2) is 0 Å². The monoisotopic (exact) mass is 354 g/mol. The van der Waals surface area contributed by atoms with Gasteiger partial charge < -0.3 is 15.0 Å². The van der Waals surface area contributed by atoms with Gasteiger partial charge in [-0.1, -0.05) is 6.07 Å². The van der Waals surface area contributed by atoms with Crippen molar-refractivity contribution in [1.29, 1.82) is 0 Å². The molecule has 136 valence electrons. The first-order valence-corrected chi connectivity index (χ1v) is 8.39. The number of rotatable bonds is 5. The number of methoxy groups -OCH3 is 1. The second-order valence-electron chi connectivity index (χ2n) is 6.27. The van der Waals surface area contributed by atoms with Gasteiger partial charge in [-0.15, -0.1) is 0 Å². The summed E-state index contributed by atoms with van der Waals surface area (Å²) in [5.74, 6) is 0.521. The predicted octanol–water partition coefficient (Wildman–Crippen LogP) is 2.46. The fraction of sp³-hybridized carbons (Fsp3) is 0.316. The lowest BCUT2D eigenvalue weighted by molar-refractivity contribution is -0.116. The first-order valence-electron chi connectivity index (χ1n) is 8.39. The molecule has 26 heavy (non-hydrogen) atoms. The van der Waals surface area contributed by atoms with Crippen LogP contribution in [0.1, 0.15) is 23.2 Å². The van der Waals surface area contributed by atoms with Crippen molar-refractivity contribution in [3.8, 4) is 5.75 Å². The Kier molecular flexibility index (Phi) is 4.79. The zero-order valence-corrected chi connectivity index (χ0v) is 15.3. The SMILES string of the molecule is COc1cccc(NC(=O)CCc2c(C)c3c(C)nn(C)c3[nH]c2=O)c1. The van der Waals surface area contributed by atoms with Crippen molar-refractivity contribution in [3.63, 3.8) is 0 Å². The molecule has 0 spiro atoms. The third kappa shape index (κ3) is 3.33. The highest BCUT2D eigenvalue weighted by Gasteiger charge is 2.16. The lowest BCUT2D eigenvalue weighted by Gasteiger charge is -2.09. The van der Waals surface area contributed by atoms with Crippen molar-refractivity contribution in [1.82, 2.24) is 14.8 Å². The molecule has 0 bridgehead atoms. The maximum atomic E-state index is 12.4. The minimum atomic E-state index is -0.174. The van der Waals surface area contributed by atoms with Crippen LogP contribution < -0.4 is 15.6 Å². The number of aromatic nitrogens is 3. The second kappa shape index (κ2) is 7.03. The Morgan fingerprint density at radius 3 is 2.85 bits per heavy atom. The number of amides is 1. The number of hydrogen-bond donors (Lipinski definition) is 2. The molecule has 0 atom stereocenters. The molecule has 0 saturated carbocycles. The Morgan fingerprint density at radius 2 is 2.12 bits per heavy atom. The Hall–Kier alpha value is -3.09. The third-order valence-corrected chi connectivity index (χ3v) is 4.51. The lowest BCUT2D eigenvalue weighted by atomic mass is 10.0. The molecule has 1 aromatic carbocycles. The van der Waals surface area contributed by atoms with Crippen molar-refractivity contribution in [2.75, 3.05) is 12.4 Å². The average molecular weight is 354 g/mol. The molecular weight excluding hydrogens is 332 g/mol. The van der Waals surface area contributed by atoms with Crippen molar-refractivity contribution < 1.29 is 9.53 Å². The van der Waals surface area contributed by atoms with Gasteiger partial charge in [0.2, 0.25) is 5.91 Å². The van der Waals surface area contributed by atoms with Crippen molar-refractivity contribution >= 4 is 22.6 Å². The Balaban J connectivity index is 1.78.